The fourth-order valence-electron chi connectivity index (χ4n) is 4.41. The van der Waals surface area contributed by atoms with Gasteiger partial charge in [0.1, 0.15) is 11.4 Å². The Kier molecular flexibility index (Phi) is 5.56. The van der Waals surface area contributed by atoms with Crippen molar-refractivity contribution in [1.82, 2.24) is 14.5 Å². The first-order chi connectivity index (χ1) is 16.3. The monoisotopic (exact) mass is 488 g/mol. The zero-order valence-electron chi connectivity index (χ0n) is 18.6. The van der Waals surface area contributed by atoms with Crippen LogP contribution in [0.3, 0.4) is 0 Å². The van der Waals surface area contributed by atoms with E-state index in [4.69, 9.17) is 28.9 Å². The van der Waals surface area contributed by atoms with Crippen LogP contribution in [0, 0.1) is 6.92 Å². The molecule has 0 amide bonds. The van der Waals surface area contributed by atoms with E-state index >= 15 is 0 Å². The zero-order chi connectivity index (χ0) is 24.0. The van der Waals surface area contributed by atoms with Gasteiger partial charge in [-0.2, -0.15) is 0 Å². The van der Waals surface area contributed by atoms with E-state index in [0.717, 1.165) is 44.7 Å². The fourth-order valence-corrected chi connectivity index (χ4v) is 4.73. The van der Waals surface area contributed by atoms with E-state index in [1.807, 2.05) is 73.7 Å². The van der Waals surface area contributed by atoms with Crippen molar-refractivity contribution < 1.29 is 0 Å². The van der Waals surface area contributed by atoms with Gasteiger partial charge in [-0.1, -0.05) is 53.5 Å². The Balaban J connectivity index is 1.83. The molecule has 5 aromatic rings. The summed E-state index contributed by atoms with van der Waals surface area (Å²) in [4.78, 5) is 20.5. The third-order valence-corrected chi connectivity index (χ3v) is 6.75. The Morgan fingerprint density at radius 3 is 2.35 bits per heavy atom. The number of benzene rings is 3. The van der Waals surface area contributed by atoms with Crippen LogP contribution >= 0.6 is 23.2 Å². The number of hydrogen-bond acceptors (Lipinski definition) is 3. The second kappa shape index (κ2) is 8.44. The minimum absolute atomic E-state index is 0.101. The lowest BCUT2D eigenvalue weighted by Gasteiger charge is -2.30. The Bertz CT molecular complexity index is 1590. The number of nitrogens with zero attached hydrogens (tertiary/aromatic N) is 2. The maximum absolute atomic E-state index is 12.8. The number of nitrogens with one attached hydrogen (secondary N) is 1. The molecule has 7 heteroatoms. The van der Waals surface area contributed by atoms with Gasteiger partial charge in [0.2, 0.25) is 0 Å². The Labute approximate surface area is 206 Å². The molecular weight excluding hydrogens is 467 g/mol. The molecule has 1 unspecified atom stereocenters. The third kappa shape index (κ3) is 3.72. The number of H-pyrrole nitrogens is 1. The summed E-state index contributed by atoms with van der Waals surface area (Å²) in [7, 11) is 1.76. The van der Waals surface area contributed by atoms with Crippen LogP contribution in [0.25, 0.3) is 22.0 Å². The number of fused-ring (bicyclic) bond motifs is 1. The summed E-state index contributed by atoms with van der Waals surface area (Å²) >= 11 is 12.4. The van der Waals surface area contributed by atoms with E-state index in [1.165, 1.54) is 0 Å². The molecule has 2 aromatic heterocycles. The summed E-state index contributed by atoms with van der Waals surface area (Å²) in [5.41, 5.74) is 11.0. The lowest BCUT2D eigenvalue weighted by molar-refractivity contribution is 0.632. The molecule has 3 aromatic carbocycles. The highest BCUT2D eigenvalue weighted by atomic mass is 35.5. The predicted octanol–water partition coefficient (Wildman–Crippen LogP) is 5.79. The molecule has 0 radical (unpaired) electrons. The van der Waals surface area contributed by atoms with E-state index in [9.17, 15) is 4.79 Å². The van der Waals surface area contributed by atoms with Gasteiger partial charge in [-0.15, -0.1) is 0 Å². The van der Waals surface area contributed by atoms with Crippen molar-refractivity contribution in [1.29, 1.82) is 0 Å². The smallest absolute Gasteiger partial charge is 0.251 e. The van der Waals surface area contributed by atoms with E-state index in [2.05, 4.69) is 9.97 Å². The van der Waals surface area contributed by atoms with Gasteiger partial charge in [0.05, 0.1) is 17.4 Å². The molecule has 0 spiro atoms. The van der Waals surface area contributed by atoms with Crippen molar-refractivity contribution in [2.24, 2.45) is 12.8 Å². The molecule has 34 heavy (non-hydrogen) atoms. The summed E-state index contributed by atoms with van der Waals surface area (Å²) in [5, 5.41) is 2.12. The maximum atomic E-state index is 12.8. The normalized spacial score (nSPS) is 13.2. The van der Waals surface area contributed by atoms with Gasteiger partial charge in [-0.25, -0.2) is 4.98 Å². The van der Waals surface area contributed by atoms with Crippen molar-refractivity contribution in [3.05, 3.63) is 122 Å². The molecule has 170 valence electrons. The Morgan fingerprint density at radius 2 is 1.68 bits per heavy atom. The van der Waals surface area contributed by atoms with Crippen LogP contribution in [0.4, 0.5) is 0 Å². The van der Waals surface area contributed by atoms with Gasteiger partial charge >= 0.3 is 0 Å². The lowest BCUT2D eigenvalue weighted by atomic mass is 9.80. The number of nitrogens with two attached hydrogens (primary N) is 1. The summed E-state index contributed by atoms with van der Waals surface area (Å²) in [6.07, 6.45) is 1.76. The number of aryl methyl sites for hydroxylation is 2. The number of hydrogen-bond donors (Lipinski definition) is 2. The van der Waals surface area contributed by atoms with Crippen LogP contribution < -0.4 is 11.3 Å². The molecule has 0 bridgehead atoms. The highest BCUT2D eigenvalue weighted by Crippen LogP contribution is 2.37. The lowest BCUT2D eigenvalue weighted by Crippen LogP contribution is -2.39. The van der Waals surface area contributed by atoms with E-state index in [-0.39, 0.29) is 5.56 Å². The van der Waals surface area contributed by atoms with Crippen molar-refractivity contribution >= 4 is 34.1 Å². The Hall–Kier alpha value is -3.38. The summed E-state index contributed by atoms with van der Waals surface area (Å²) in [5.74, 6) is 0.765. The number of halogens is 2. The van der Waals surface area contributed by atoms with Gasteiger partial charge in [0.25, 0.3) is 5.56 Å². The van der Waals surface area contributed by atoms with Crippen molar-refractivity contribution in [2.45, 2.75) is 12.5 Å². The minimum Gasteiger partial charge on any atom is -0.344 e. The molecule has 0 saturated carbocycles. The van der Waals surface area contributed by atoms with Gasteiger partial charge in [-0.3, -0.25) is 4.79 Å². The van der Waals surface area contributed by atoms with Gasteiger partial charge in [0.15, 0.2) is 0 Å². The molecule has 0 fully saturated rings. The average molecular weight is 489 g/mol. The van der Waals surface area contributed by atoms with Gasteiger partial charge in [-0.05, 0) is 65.6 Å². The van der Waals surface area contributed by atoms with Crippen LogP contribution in [-0.4, -0.2) is 14.5 Å². The zero-order valence-corrected chi connectivity index (χ0v) is 20.2. The molecule has 2 heterocycles. The molecule has 0 aliphatic heterocycles. The number of aromatic amines is 1. The minimum atomic E-state index is -1.03. The summed E-state index contributed by atoms with van der Waals surface area (Å²) < 4.78 is 1.63. The van der Waals surface area contributed by atoms with Crippen molar-refractivity contribution in [3.63, 3.8) is 0 Å². The first-order valence-corrected chi connectivity index (χ1v) is 11.5. The maximum Gasteiger partial charge on any atom is 0.251 e. The van der Waals surface area contributed by atoms with Gasteiger partial charge < -0.3 is 15.3 Å². The molecule has 5 nitrogen and oxygen atoms in total. The van der Waals surface area contributed by atoms with Crippen LogP contribution in [-0.2, 0) is 12.6 Å². The van der Waals surface area contributed by atoms with Crippen molar-refractivity contribution in [3.8, 4) is 11.1 Å². The second-order valence-corrected chi connectivity index (χ2v) is 9.27. The standard InChI is InChI=1S/C27H22Cl2N4O/c1-16-31-15-25(32-16)27(30,18-6-9-20(28)10-7-18)19-8-11-24-23(13-19)22(14-26(34)33(24)2)17-4-3-5-21(29)12-17/h3-15H,30H2,1-2H3,(H,31,32). The average Bonchev–Trinajstić information content (AvgIpc) is 3.28. The number of imidazole rings is 1. The molecule has 0 saturated heterocycles. The van der Waals surface area contributed by atoms with E-state index in [0.29, 0.717) is 10.0 Å². The van der Waals surface area contributed by atoms with E-state index in [1.54, 1.807) is 23.9 Å². The fraction of sp³-hybridized carbons (Fsp3) is 0.111. The second-order valence-electron chi connectivity index (χ2n) is 8.39. The molecule has 3 N–H and O–H groups in total. The first kappa shape index (κ1) is 22.4. The predicted molar refractivity (Wildman–Crippen MR) is 138 cm³/mol. The van der Waals surface area contributed by atoms with Crippen molar-refractivity contribution in [2.75, 3.05) is 0 Å². The number of rotatable bonds is 4. The number of pyridine rings is 1. The highest BCUT2D eigenvalue weighted by molar-refractivity contribution is 6.31. The SMILES string of the molecule is Cc1ncc(C(N)(c2ccc(Cl)cc2)c2ccc3c(c2)c(-c2cccc(Cl)c2)cc(=O)n3C)[nH]1. The molecule has 0 aliphatic rings. The van der Waals surface area contributed by atoms with Gasteiger partial charge in [0, 0.05) is 28.5 Å². The number of aromatic nitrogens is 3. The van der Waals surface area contributed by atoms with E-state index < -0.39 is 5.54 Å². The van der Waals surface area contributed by atoms with Crippen LogP contribution in [0.1, 0.15) is 22.6 Å². The Morgan fingerprint density at radius 1 is 0.941 bits per heavy atom. The largest absolute Gasteiger partial charge is 0.344 e. The molecule has 1 atom stereocenters. The first-order valence-electron chi connectivity index (χ1n) is 10.7. The topological polar surface area (TPSA) is 76.7 Å². The van der Waals surface area contributed by atoms with Crippen LogP contribution in [0.5, 0.6) is 0 Å². The van der Waals surface area contributed by atoms with Crippen LogP contribution in [0.2, 0.25) is 10.0 Å². The quantitative estimate of drug-likeness (QED) is 0.335. The molecule has 5 rings (SSSR count). The molecular formula is C27H22Cl2N4O. The molecule has 0 aliphatic carbocycles. The summed E-state index contributed by atoms with van der Waals surface area (Å²) in [6, 6.07) is 22.5. The van der Waals surface area contributed by atoms with Crippen LogP contribution in [0.15, 0.2) is 83.8 Å². The summed E-state index contributed by atoms with van der Waals surface area (Å²) in [6.45, 7) is 1.89. The highest BCUT2D eigenvalue weighted by Gasteiger charge is 2.34. The third-order valence-electron chi connectivity index (χ3n) is 6.26.